The minimum atomic E-state index is 0.729. The summed E-state index contributed by atoms with van der Waals surface area (Å²) in [6.07, 6.45) is 5.61. The Labute approximate surface area is 116 Å². The fraction of sp³-hybridized carbons (Fsp3) is 0.714. The average Bonchev–Trinajstić information content (AvgIpc) is 2.96. The molecule has 0 atom stereocenters. The molecule has 0 aliphatic carbocycles. The molecule has 19 heavy (non-hydrogen) atoms. The predicted molar refractivity (Wildman–Crippen MR) is 79.8 cm³/mol. The Kier molecular flexibility index (Phi) is 5.39. The van der Waals surface area contributed by atoms with Crippen LogP contribution >= 0.6 is 0 Å². The molecule has 106 valence electrons. The Morgan fingerprint density at radius 2 is 2.16 bits per heavy atom. The van der Waals surface area contributed by atoms with Crippen LogP contribution < -0.4 is 10.2 Å². The molecule has 1 aromatic rings. The van der Waals surface area contributed by atoms with Gasteiger partial charge in [0.25, 0.3) is 0 Å². The molecule has 1 aromatic heterocycles. The van der Waals surface area contributed by atoms with Crippen LogP contribution in [0.15, 0.2) is 12.3 Å². The molecule has 0 unspecified atom stereocenters. The molecule has 5 nitrogen and oxygen atoms in total. The van der Waals surface area contributed by atoms with Crippen LogP contribution in [0.5, 0.6) is 0 Å². The lowest BCUT2D eigenvalue weighted by Crippen LogP contribution is -2.31. The van der Waals surface area contributed by atoms with Gasteiger partial charge >= 0.3 is 0 Å². The van der Waals surface area contributed by atoms with Crippen LogP contribution in [0.25, 0.3) is 0 Å². The maximum Gasteiger partial charge on any atom is 0.224 e. The second-order valence-corrected chi connectivity index (χ2v) is 5.14. The van der Waals surface area contributed by atoms with Gasteiger partial charge in [-0.25, -0.2) is 4.98 Å². The molecular formula is C14H25N5. The van der Waals surface area contributed by atoms with Crippen molar-refractivity contribution >= 4 is 11.8 Å². The predicted octanol–water partition coefficient (Wildman–Crippen LogP) is 1.83. The van der Waals surface area contributed by atoms with Crippen LogP contribution in [0.3, 0.4) is 0 Å². The summed E-state index contributed by atoms with van der Waals surface area (Å²) >= 11 is 0. The summed E-state index contributed by atoms with van der Waals surface area (Å²) in [7, 11) is 2.10. The van der Waals surface area contributed by atoms with Crippen molar-refractivity contribution in [1.29, 1.82) is 0 Å². The van der Waals surface area contributed by atoms with Gasteiger partial charge in [0, 0.05) is 32.9 Å². The third kappa shape index (κ3) is 4.35. The zero-order valence-electron chi connectivity index (χ0n) is 12.1. The zero-order valence-corrected chi connectivity index (χ0v) is 12.1. The third-order valence-corrected chi connectivity index (χ3v) is 3.52. The number of anilines is 2. The van der Waals surface area contributed by atoms with Crippen molar-refractivity contribution in [2.45, 2.75) is 26.2 Å². The maximum absolute atomic E-state index is 4.54. The zero-order chi connectivity index (χ0) is 13.5. The van der Waals surface area contributed by atoms with Crippen LogP contribution in [0.2, 0.25) is 0 Å². The highest BCUT2D eigenvalue weighted by Crippen LogP contribution is 2.12. The number of nitrogens with zero attached hydrogens (tertiary/aromatic N) is 4. The number of rotatable bonds is 7. The Hall–Kier alpha value is -1.36. The van der Waals surface area contributed by atoms with Gasteiger partial charge in [-0.15, -0.1) is 0 Å². The van der Waals surface area contributed by atoms with Gasteiger partial charge in [0.2, 0.25) is 5.95 Å². The summed E-state index contributed by atoms with van der Waals surface area (Å²) < 4.78 is 0. The van der Waals surface area contributed by atoms with Gasteiger partial charge in [0.15, 0.2) is 0 Å². The number of likely N-dealkylation sites (N-methyl/N-ethyl adjacent to an activating group) is 1. The summed E-state index contributed by atoms with van der Waals surface area (Å²) in [5.41, 5.74) is 0. The molecule has 2 rings (SSSR count). The fourth-order valence-corrected chi connectivity index (χ4v) is 2.30. The van der Waals surface area contributed by atoms with E-state index in [1.54, 1.807) is 0 Å². The molecule has 1 aliphatic heterocycles. The Balaban J connectivity index is 1.84. The lowest BCUT2D eigenvalue weighted by Gasteiger charge is -2.22. The molecule has 0 radical (unpaired) electrons. The van der Waals surface area contributed by atoms with Crippen LogP contribution in [-0.2, 0) is 0 Å². The molecule has 0 aromatic carbocycles. The van der Waals surface area contributed by atoms with Crippen molar-refractivity contribution in [3.05, 3.63) is 12.3 Å². The molecule has 1 fully saturated rings. The third-order valence-electron chi connectivity index (χ3n) is 3.52. The first-order valence-corrected chi connectivity index (χ1v) is 7.30. The average molecular weight is 263 g/mol. The summed E-state index contributed by atoms with van der Waals surface area (Å²) in [6, 6.07) is 1.97. The SMILES string of the molecule is CCCNc1nccc(N(C)CCN2CCCC2)n1. The van der Waals surface area contributed by atoms with Crippen LogP contribution in [0, 0.1) is 0 Å². The first-order chi connectivity index (χ1) is 9.29. The molecule has 1 aliphatic rings. The second-order valence-electron chi connectivity index (χ2n) is 5.14. The second kappa shape index (κ2) is 7.28. The number of nitrogens with one attached hydrogen (secondary N) is 1. The number of hydrogen-bond acceptors (Lipinski definition) is 5. The molecule has 0 spiro atoms. The summed E-state index contributed by atoms with van der Waals surface area (Å²) in [4.78, 5) is 13.5. The maximum atomic E-state index is 4.54. The van der Waals surface area contributed by atoms with Crippen molar-refractivity contribution in [2.24, 2.45) is 0 Å². The summed E-state index contributed by atoms with van der Waals surface area (Å²) in [6.45, 7) is 7.70. The van der Waals surface area contributed by atoms with Crippen LogP contribution in [0.4, 0.5) is 11.8 Å². The van der Waals surface area contributed by atoms with Crippen molar-refractivity contribution < 1.29 is 0 Å². The smallest absolute Gasteiger partial charge is 0.224 e. The fourth-order valence-electron chi connectivity index (χ4n) is 2.30. The molecule has 1 saturated heterocycles. The molecule has 0 amide bonds. The van der Waals surface area contributed by atoms with Gasteiger partial charge < -0.3 is 15.1 Å². The van der Waals surface area contributed by atoms with Gasteiger partial charge in [0.1, 0.15) is 5.82 Å². The number of hydrogen-bond donors (Lipinski definition) is 1. The van der Waals surface area contributed by atoms with Gasteiger partial charge in [-0.3, -0.25) is 0 Å². The largest absolute Gasteiger partial charge is 0.358 e. The monoisotopic (exact) mass is 263 g/mol. The van der Waals surface area contributed by atoms with Crippen LogP contribution in [-0.4, -0.2) is 54.6 Å². The van der Waals surface area contributed by atoms with E-state index in [0.717, 1.165) is 37.8 Å². The molecule has 1 N–H and O–H groups in total. The molecular weight excluding hydrogens is 238 g/mol. The highest BCUT2D eigenvalue weighted by Gasteiger charge is 2.12. The van der Waals surface area contributed by atoms with Crippen molar-refractivity contribution in [3.63, 3.8) is 0 Å². The van der Waals surface area contributed by atoms with E-state index < -0.39 is 0 Å². The van der Waals surface area contributed by atoms with E-state index in [-0.39, 0.29) is 0 Å². The van der Waals surface area contributed by atoms with E-state index in [1.807, 2.05) is 12.3 Å². The van der Waals surface area contributed by atoms with Gasteiger partial charge in [0.05, 0.1) is 0 Å². The normalized spacial score (nSPS) is 15.7. The standard InChI is InChI=1S/C14H25N5/c1-3-7-15-14-16-8-6-13(17-14)18(2)11-12-19-9-4-5-10-19/h6,8H,3-5,7,9-12H2,1-2H3,(H,15,16,17). The van der Waals surface area contributed by atoms with E-state index in [2.05, 4.69) is 39.1 Å². The molecule has 0 bridgehead atoms. The minimum Gasteiger partial charge on any atom is -0.358 e. The number of aromatic nitrogens is 2. The van der Waals surface area contributed by atoms with Crippen molar-refractivity contribution in [3.8, 4) is 0 Å². The first-order valence-electron chi connectivity index (χ1n) is 7.30. The lowest BCUT2D eigenvalue weighted by molar-refractivity contribution is 0.346. The summed E-state index contributed by atoms with van der Waals surface area (Å²) in [5, 5.41) is 3.23. The Bertz CT molecular complexity index is 376. The van der Waals surface area contributed by atoms with E-state index in [1.165, 1.54) is 25.9 Å². The topological polar surface area (TPSA) is 44.3 Å². The highest BCUT2D eigenvalue weighted by molar-refractivity contribution is 5.41. The van der Waals surface area contributed by atoms with Gasteiger partial charge in [-0.05, 0) is 38.4 Å². The quantitative estimate of drug-likeness (QED) is 0.813. The molecule has 0 saturated carbocycles. The Morgan fingerprint density at radius 1 is 1.37 bits per heavy atom. The lowest BCUT2D eigenvalue weighted by atomic mass is 10.4. The highest BCUT2D eigenvalue weighted by atomic mass is 15.2. The first kappa shape index (κ1) is 14.1. The van der Waals surface area contributed by atoms with E-state index in [4.69, 9.17) is 0 Å². The van der Waals surface area contributed by atoms with Crippen molar-refractivity contribution in [2.75, 3.05) is 50.0 Å². The van der Waals surface area contributed by atoms with Crippen LogP contribution in [0.1, 0.15) is 26.2 Å². The van der Waals surface area contributed by atoms with E-state index in [9.17, 15) is 0 Å². The van der Waals surface area contributed by atoms with Gasteiger partial charge in [-0.2, -0.15) is 4.98 Å². The molecule has 2 heterocycles. The number of likely N-dealkylation sites (tertiary alicyclic amines) is 1. The van der Waals surface area contributed by atoms with E-state index >= 15 is 0 Å². The molecule has 5 heteroatoms. The minimum absolute atomic E-state index is 0.729. The van der Waals surface area contributed by atoms with E-state index in [0.29, 0.717) is 0 Å². The van der Waals surface area contributed by atoms with Gasteiger partial charge in [-0.1, -0.05) is 6.92 Å². The summed E-state index contributed by atoms with van der Waals surface area (Å²) in [5.74, 6) is 1.72. The van der Waals surface area contributed by atoms with Crippen molar-refractivity contribution in [1.82, 2.24) is 14.9 Å². The Morgan fingerprint density at radius 3 is 2.89 bits per heavy atom.